The number of hydroxylamine groups is 2. The van der Waals surface area contributed by atoms with Gasteiger partial charge in [-0.2, -0.15) is 5.06 Å². The average molecular weight is 680 g/mol. The highest BCUT2D eigenvalue weighted by Crippen LogP contribution is 2.60. The second-order valence-electron chi connectivity index (χ2n) is 16.0. The van der Waals surface area contributed by atoms with Crippen LogP contribution in [-0.4, -0.2) is 96.6 Å². The number of rotatable bonds is 9. The molecule has 266 valence electrons. The number of esters is 1. The largest absolute Gasteiger partial charge is 0.458 e. The van der Waals surface area contributed by atoms with Crippen LogP contribution in [0.4, 0.5) is 0 Å². The Kier molecular flexibility index (Phi) is 8.43. The molecule has 49 heavy (non-hydrogen) atoms. The first-order valence-electron chi connectivity index (χ1n) is 18.0. The van der Waals surface area contributed by atoms with E-state index in [2.05, 4.69) is 49.6 Å². The summed E-state index contributed by atoms with van der Waals surface area (Å²) in [5.74, 6) is 0.0383. The smallest absolute Gasteiger partial charge is 0.327 e. The van der Waals surface area contributed by atoms with Crippen molar-refractivity contribution in [3.63, 3.8) is 0 Å². The van der Waals surface area contributed by atoms with Gasteiger partial charge >= 0.3 is 5.97 Å². The minimum Gasteiger partial charge on any atom is -0.458 e. The molecule has 1 aromatic carbocycles. The minimum absolute atomic E-state index is 0.0263. The first-order valence-corrected chi connectivity index (χ1v) is 18.0. The standard InChI is InChI=1S/C37H49N3O9/c1-35(2)17-24-23(7-8-27-36(3,48-27)11-9-25(24)35)16-21-5-4-6-22(15-21)19-40-31-33(43)47-26-18-37(31,32(49-40)30-29(26)45-20-46-30)34(44)39-12-10-28(42)38-13-14-41/h4-6,15-16,24-27,29-32,41H,7-14,17-20H2,1-3H3,(H,38,42)(H,39,44)/t24-,25-,26-,27?,29+,30+,31+,32-,36-,37+/m1/s1. The molecule has 4 saturated heterocycles. The normalized spacial score (nSPS) is 40.8. The fourth-order valence-corrected chi connectivity index (χ4v) is 9.95. The second-order valence-corrected chi connectivity index (χ2v) is 16.0. The average Bonchev–Trinajstić information content (AvgIpc) is 3.36. The van der Waals surface area contributed by atoms with Crippen LogP contribution in [0.15, 0.2) is 29.8 Å². The van der Waals surface area contributed by atoms with Crippen LogP contribution in [0.1, 0.15) is 76.8 Å². The number of nitrogens with zero attached hydrogens (tertiary/aromatic N) is 1. The lowest BCUT2D eigenvalue weighted by Crippen LogP contribution is -2.69. The molecule has 7 aliphatic rings. The van der Waals surface area contributed by atoms with Crippen molar-refractivity contribution in [3.05, 3.63) is 41.0 Å². The Morgan fingerprint density at radius 2 is 1.92 bits per heavy atom. The number of aliphatic hydroxyl groups excluding tert-OH is 1. The molecule has 0 spiro atoms. The van der Waals surface area contributed by atoms with Gasteiger partial charge in [0.2, 0.25) is 11.8 Å². The van der Waals surface area contributed by atoms with Gasteiger partial charge < -0.3 is 34.7 Å². The maximum absolute atomic E-state index is 14.1. The van der Waals surface area contributed by atoms with Gasteiger partial charge in [-0.25, -0.2) is 0 Å². The fourth-order valence-electron chi connectivity index (χ4n) is 9.95. The molecule has 4 heterocycles. The van der Waals surface area contributed by atoms with Crippen molar-refractivity contribution in [2.45, 2.75) is 114 Å². The number of allylic oxidation sites excluding steroid dienone is 1. The lowest BCUT2D eigenvalue weighted by molar-refractivity contribution is -0.201. The van der Waals surface area contributed by atoms with Crippen LogP contribution < -0.4 is 10.6 Å². The number of ether oxygens (including phenoxy) is 4. The Balaban J connectivity index is 1.03. The van der Waals surface area contributed by atoms with Gasteiger partial charge in [-0.05, 0) is 67.4 Å². The Labute approximate surface area is 287 Å². The highest BCUT2D eigenvalue weighted by Gasteiger charge is 2.74. The van der Waals surface area contributed by atoms with E-state index in [9.17, 15) is 14.4 Å². The van der Waals surface area contributed by atoms with Crippen LogP contribution >= 0.6 is 0 Å². The second kappa shape index (κ2) is 12.4. The summed E-state index contributed by atoms with van der Waals surface area (Å²) >= 11 is 0. The summed E-state index contributed by atoms with van der Waals surface area (Å²) in [5, 5.41) is 16.1. The van der Waals surface area contributed by atoms with Crippen LogP contribution in [0.5, 0.6) is 0 Å². The molecule has 3 saturated carbocycles. The summed E-state index contributed by atoms with van der Waals surface area (Å²) < 4.78 is 23.8. The number of hydrogen-bond acceptors (Lipinski definition) is 10. The predicted molar refractivity (Wildman–Crippen MR) is 175 cm³/mol. The lowest BCUT2D eigenvalue weighted by Gasteiger charge is -2.53. The summed E-state index contributed by atoms with van der Waals surface area (Å²) in [5.41, 5.74) is 2.64. The van der Waals surface area contributed by atoms with Gasteiger partial charge in [0.25, 0.3) is 0 Å². The Morgan fingerprint density at radius 1 is 1.08 bits per heavy atom. The molecule has 3 N–H and O–H groups in total. The summed E-state index contributed by atoms with van der Waals surface area (Å²) in [6, 6.07) is 7.33. The van der Waals surface area contributed by atoms with Crippen LogP contribution in [0.3, 0.4) is 0 Å². The maximum Gasteiger partial charge on any atom is 0.327 e. The molecule has 0 radical (unpaired) electrons. The molecular weight excluding hydrogens is 630 g/mol. The third-order valence-electron chi connectivity index (χ3n) is 12.6. The quantitative estimate of drug-likeness (QED) is 0.263. The van der Waals surface area contributed by atoms with Crippen molar-refractivity contribution in [3.8, 4) is 0 Å². The van der Waals surface area contributed by atoms with Crippen LogP contribution in [0.2, 0.25) is 0 Å². The van der Waals surface area contributed by atoms with Gasteiger partial charge in [-0.15, -0.1) is 0 Å². The number of hydrogen-bond donors (Lipinski definition) is 3. The summed E-state index contributed by atoms with van der Waals surface area (Å²) in [4.78, 5) is 46.5. The molecule has 2 amide bonds. The van der Waals surface area contributed by atoms with E-state index in [0.29, 0.717) is 23.4 Å². The van der Waals surface area contributed by atoms with Crippen LogP contribution in [-0.2, 0) is 44.7 Å². The zero-order chi connectivity index (χ0) is 34.1. The Morgan fingerprint density at radius 3 is 2.73 bits per heavy atom. The molecule has 3 aliphatic carbocycles. The molecule has 1 aromatic rings. The topological polar surface area (TPSA) is 148 Å². The predicted octanol–water partition coefficient (Wildman–Crippen LogP) is 2.62. The lowest BCUT2D eigenvalue weighted by atomic mass is 9.52. The summed E-state index contributed by atoms with van der Waals surface area (Å²) in [7, 11) is 0. The van der Waals surface area contributed by atoms with Crippen molar-refractivity contribution in [1.82, 2.24) is 15.7 Å². The third kappa shape index (κ3) is 5.72. The van der Waals surface area contributed by atoms with Crippen molar-refractivity contribution >= 4 is 23.9 Å². The molecule has 1 unspecified atom stereocenters. The number of benzene rings is 1. The number of carbonyl (C=O) groups is 3. The van der Waals surface area contributed by atoms with Crippen molar-refractivity contribution in [1.29, 1.82) is 0 Å². The highest BCUT2D eigenvalue weighted by molar-refractivity contribution is 5.93. The molecule has 12 nitrogen and oxygen atoms in total. The fraction of sp³-hybridized carbons (Fsp3) is 0.703. The van der Waals surface area contributed by atoms with E-state index in [1.807, 2.05) is 12.1 Å². The monoisotopic (exact) mass is 679 g/mol. The van der Waals surface area contributed by atoms with Gasteiger partial charge in [-0.3, -0.25) is 19.2 Å². The van der Waals surface area contributed by atoms with E-state index in [4.69, 9.17) is 28.9 Å². The number of fused-ring (bicyclic) bond motifs is 6. The Hall–Kier alpha value is -2.87. The van der Waals surface area contributed by atoms with Crippen molar-refractivity contribution in [2.75, 3.05) is 26.5 Å². The molecule has 0 aromatic heterocycles. The summed E-state index contributed by atoms with van der Waals surface area (Å²) in [6.07, 6.45) is 6.04. The van der Waals surface area contributed by atoms with Crippen LogP contribution in [0, 0.1) is 22.7 Å². The van der Waals surface area contributed by atoms with E-state index in [0.717, 1.165) is 30.4 Å². The van der Waals surface area contributed by atoms with Crippen molar-refractivity contribution < 1.29 is 43.3 Å². The number of aliphatic hydroxyl groups is 1. The first-order chi connectivity index (χ1) is 23.5. The number of carbonyl (C=O) groups excluding carboxylic acids is 3. The van der Waals surface area contributed by atoms with Gasteiger partial charge in [-0.1, -0.05) is 49.8 Å². The Bertz CT molecular complexity index is 1530. The van der Waals surface area contributed by atoms with Crippen LogP contribution in [0.25, 0.3) is 6.08 Å². The summed E-state index contributed by atoms with van der Waals surface area (Å²) in [6.45, 7) is 7.42. The van der Waals surface area contributed by atoms with E-state index < -0.39 is 41.8 Å². The van der Waals surface area contributed by atoms with E-state index in [1.54, 1.807) is 5.06 Å². The molecule has 4 aliphatic heterocycles. The zero-order valence-electron chi connectivity index (χ0n) is 28.7. The number of epoxide rings is 1. The zero-order valence-corrected chi connectivity index (χ0v) is 28.7. The molecular formula is C37H49N3O9. The number of nitrogens with one attached hydrogen (secondary N) is 2. The highest BCUT2D eigenvalue weighted by atomic mass is 16.8. The number of amides is 2. The van der Waals surface area contributed by atoms with Gasteiger partial charge in [0, 0.05) is 25.9 Å². The van der Waals surface area contributed by atoms with Gasteiger partial charge in [0.05, 0.1) is 24.9 Å². The van der Waals surface area contributed by atoms with E-state index in [-0.39, 0.29) is 63.3 Å². The molecule has 2 bridgehead atoms. The first kappa shape index (κ1) is 33.3. The van der Waals surface area contributed by atoms with Gasteiger partial charge in [0.1, 0.15) is 36.6 Å². The minimum atomic E-state index is -1.28. The molecule has 8 rings (SSSR count). The van der Waals surface area contributed by atoms with Crippen molar-refractivity contribution in [2.24, 2.45) is 22.7 Å². The van der Waals surface area contributed by atoms with Gasteiger partial charge in [0.15, 0.2) is 6.04 Å². The van der Waals surface area contributed by atoms with E-state index >= 15 is 0 Å². The van der Waals surface area contributed by atoms with E-state index in [1.165, 1.54) is 18.4 Å². The molecule has 12 heteroatoms. The molecule has 10 atom stereocenters. The maximum atomic E-state index is 14.1. The SMILES string of the molecule is CC1(C)C[C@@H]2C(=Cc3cccc(CN4O[C@@H]5[C@H]6OCO[C@H]6[C@H]6C[C@]5(C(=O)NCCC(=O)NCCO)[C@@H]4C(=O)O6)c3)CCC3O[C@]3(C)CC[C@H]21. The third-order valence-corrected chi connectivity index (χ3v) is 12.6. The molecule has 7 fully saturated rings.